The van der Waals surface area contributed by atoms with E-state index in [2.05, 4.69) is 37.2 Å². The van der Waals surface area contributed by atoms with Crippen LogP contribution < -0.4 is 0 Å². The van der Waals surface area contributed by atoms with Gasteiger partial charge >= 0.3 is 11.9 Å². The summed E-state index contributed by atoms with van der Waals surface area (Å²) < 4.78 is 9.04. The Labute approximate surface area is 105 Å². The third-order valence-electron chi connectivity index (χ3n) is 2.23. The molecule has 0 N–H and O–H groups in total. The van der Waals surface area contributed by atoms with Crippen molar-refractivity contribution in [3.05, 3.63) is 0 Å². The maximum atomic E-state index is 10.6. The fraction of sp³-hybridized carbons (Fsp3) is 0.846. The van der Waals surface area contributed by atoms with E-state index in [9.17, 15) is 9.59 Å². The average Bonchev–Trinajstić information content (AvgIpc) is 2.18. The van der Waals surface area contributed by atoms with E-state index in [1.807, 2.05) is 0 Å². The number of carbonyl (C=O) groups excluding carboxylic acids is 2. The van der Waals surface area contributed by atoms with Crippen LogP contribution in [0.4, 0.5) is 0 Å². The van der Waals surface area contributed by atoms with Gasteiger partial charge in [0.2, 0.25) is 0 Å². The van der Waals surface area contributed by atoms with E-state index >= 15 is 0 Å². The Kier molecular flexibility index (Phi) is 12.3. The first-order valence-electron chi connectivity index (χ1n) is 6.16. The Morgan fingerprint density at radius 3 is 1.29 bits per heavy atom. The van der Waals surface area contributed by atoms with E-state index in [0.29, 0.717) is 0 Å². The van der Waals surface area contributed by atoms with Crippen LogP contribution in [0, 0.1) is 11.8 Å². The molecule has 0 aromatic rings. The number of esters is 2. The molecule has 0 bridgehead atoms. The minimum absolute atomic E-state index is 0.290. The van der Waals surface area contributed by atoms with Gasteiger partial charge in [-0.3, -0.25) is 9.59 Å². The van der Waals surface area contributed by atoms with Crippen LogP contribution in [0.25, 0.3) is 0 Å². The molecule has 0 saturated heterocycles. The van der Waals surface area contributed by atoms with E-state index < -0.39 is 11.9 Å². The van der Waals surface area contributed by atoms with Crippen LogP contribution in [0.2, 0.25) is 0 Å². The number of ether oxygens (including phenoxy) is 2. The molecule has 0 radical (unpaired) electrons. The first-order chi connectivity index (χ1) is 7.84. The van der Waals surface area contributed by atoms with Crippen LogP contribution in [-0.4, -0.2) is 25.2 Å². The predicted molar refractivity (Wildman–Crippen MR) is 67.6 cm³/mol. The zero-order chi connectivity index (χ0) is 13.8. The maximum absolute atomic E-state index is 10.6. The van der Waals surface area contributed by atoms with Crippen LogP contribution in [0.5, 0.6) is 0 Å². The van der Waals surface area contributed by atoms with Gasteiger partial charge in [0.15, 0.2) is 0 Å². The molecule has 0 aliphatic heterocycles. The van der Waals surface area contributed by atoms with E-state index in [-0.39, 0.29) is 19.6 Å². The van der Waals surface area contributed by atoms with Crippen LogP contribution in [0.1, 0.15) is 48.0 Å². The van der Waals surface area contributed by atoms with E-state index in [1.54, 1.807) is 13.8 Å². The Morgan fingerprint density at radius 1 is 0.824 bits per heavy atom. The van der Waals surface area contributed by atoms with Gasteiger partial charge in [-0.05, 0) is 25.7 Å². The van der Waals surface area contributed by atoms with Crippen molar-refractivity contribution in [3.63, 3.8) is 0 Å². The second-order valence-electron chi connectivity index (χ2n) is 4.27. The smallest absolute Gasteiger partial charge is 0.317 e. The molecule has 0 spiro atoms. The molecule has 0 aromatic carbocycles. The molecule has 0 fully saturated rings. The zero-order valence-electron chi connectivity index (χ0n) is 11.9. The minimum atomic E-state index is -0.536. The van der Waals surface area contributed by atoms with Crippen molar-refractivity contribution in [2.24, 2.45) is 11.8 Å². The Balaban J connectivity index is 0. The van der Waals surface area contributed by atoms with Crippen LogP contribution in [0.15, 0.2) is 0 Å². The molecule has 0 aliphatic rings. The molecule has 0 aromatic heterocycles. The number of hydrogen-bond acceptors (Lipinski definition) is 4. The van der Waals surface area contributed by atoms with Crippen molar-refractivity contribution >= 4 is 11.9 Å². The largest absolute Gasteiger partial charge is 0.466 e. The summed E-state index contributed by atoms with van der Waals surface area (Å²) in [5.41, 5.74) is 0. The summed E-state index contributed by atoms with van der Waals surface area (Å²) >= 11 is 0. The molecule has 4 nitrogen and oxygen atoms in total. The van der Waals surface area contributed by atoms with Crippen LogP contribution >= 0.6 is 0 Å². The molecule has 0 unspecified atom stereocenters. The molecule has 0 saturated carbocycles. The highest BCUT2D eigenvalue weighted by atomic mass is 16.5. The standard InChI is InChI=1S/C7H12O4.C6H14/c1-3-10-6(8)5-7(9)11-4-2;1-5(2)6(3)4/h3-5H2,1-2H3;5-6H,1-4H3. The van der Waals surface area contributed by atoms with Crippen molar-refractivity contribution in [1.82, 2.24) is 0 Å². The Bertz CT molecular complexity index is 187. The molecule has 0 heterocycles. The summed E-state index contributed by atoms with van der Waals surface area (Å²) in [6.45, 7) is 12.9. The summed E-state index contributed by atoms with van der Waals surface area (Å²) in [5, 5.41) is 0. The number of carbonyl (C=O) groups is 2. The van der Waals surface area contributed by atoms with Crippen molar-refractivity contribution in [1.29, 1.82) is 0 Å². The van der Waals surface area contributed by atoms with Gasteiger partial charge in [-0.1, -0.05) is 27.7 Å². The topological polar surface area (TPSA) is 52.6 Å². The third-order valence-corrected chi connectivity index (χ3v) is 2.23. The Morgan fingerprint density at radius 2 is 1.12 bits per heavy atom. The lowest BCUT2D eigenvalue weighted by Crippen LogP contribution is -2.13. The zero-order valence-corrected chi connectivity index (χ0v) is 11.9. The van der Waals surface area contributed by atoms with Gasteiger partial charge in [0.1, 0.15) is 6.42 Å². The number of rotatable bonds is 5. The maximum Gasteiger partial charge on any atom is 0.317 e. The van der Waals surface area contributed by atoms with Crippen molar-refractivity contribution in [3.8, 4) is 0 Å². The second kappa shape index (κ2) is 11.4. The molecule has 0 aliphatic carbocycles. The van der Waals surface area contributed by atoms with E-state index in [1.165, 1.54) is 0 Å². The van der Waals surface area contributed by atoms with Gasteiger partial charge in [0.25, 0.3) is 0 Å². The summed E-state index contributed by atoms with van der Waals surface area (Å²) in [6, 6.07) is 0. The summed E-state index contributed by atoms with van der Waals surface area (Å²) in [7, 11) is 0. The van der Waals surface area contributed by atoms with Crippen molar-refractivity contribution in [2.75, 3.05) is 13.2 Å². The van der Waals surface area contributed by atoms with Gasteiger partial charge in [0, 0.05) is 0 Å². The Hall–Kier alpha value is -1.06. The second-order valence-corrected chi connectivity index (χ2v) is 4.27. The molecule has 0 atom stereocenters. The van der Waals surface area contributed by atoms with Gasteiger partial charge < -0.3 is 9.47 Å². The van der Waals surface area contributed by atoms with E-state index in [4.69, 9.17) is 0 Å². The summed E-state index contributed by atoms with van der Waals surface area (Å²) in [5.74, 6) is 0.631. The highest BCUT2D eigenvalue weighted by Gasteiger charge is 2.09. The lowest BCUT2D eigenvalue weighted by Gasteiger charge is -2.05. The monoisotopic (exact) mass is 246 g/mol. The molecule has 0 rings (SSSR count). The van der Waals surface area contributed by atoms with Crippen LogP contribution in [-0.2, 0) is 19.1 Å². The molecule has 17 heavy (non-hydrogen) atoms. The van der Waals surface area contributed by atoms with E-state index in [0.717, 1.165) is 11.8 Å². The lowest BCUT2D eigenvalue weighted by molar-refractivity contribution is -0.153. The molecule has 0 amide bonds. The molecule has 4 heteroatoms. The first kappa shape index (κ1) is 18.3. The third kappa shape index (κ3) is 14.9. The normalized spacial score (nSPS) is 9.65. The fourth-order valence-corrected chi connectivity index (χ4v) is 0.542. The van der Waals surface area contributed by atoms with Gasteiger partial charge in [-0.2, -0.15) is 0 Å². The first-order valence-corrected chi connectivity index (χ1v) is 6.16. The quantitative estimate of drug-likeness (QED) is 0.553. The lowest BCUT2D eigenvalue weighted by atomic mass is 10.0. The van der Waals surface area contributed by atoms with Crippen molar-refractivity contribution in [2.45, 2.75) is 48.0 Å². The summed E-state index contributed by atoms with van der Waals surface area (Å²) in [4.78, 5) is 21.2. The predicted octanol–water partition coefficient (Wildman–Crippen LogP) is 2.80. The molecule has 102 valence electrons. The van der Waals surface area contributed by atoms with Crippen molar-refractivity contribution < 1.29 is 19.1 Å². The SMILES string of the molecule is CC(C)C(C)C.CCOC(=O)CC(=O)OCC. The van der Waals surface area contributed by atoms with Gasteiger partial charge in [-0.15, -0.1) is 0 Å². The highest BCUT2D eigenvalue weighted by Crippen LogP contribution is 2.05. The van der Waals surface area contributed by atoms with Gasteiger partial charge in [-0.25, -0.2) is 0 Å². The summed E-state index contributed by atoms with van der Waals surface area (Å²) in [6.07, 6.45) is -0.290. The molecular weight excluding hydrogens is 220 g/mol. The van der Waals surface area contributed by atoms with Crippen LogP contribution in [0.3, 0.4) is 0 Å². The minimum Gasteiger partial charge on any atom is -0.466 e. The fourth-order valence-electron chi connectivity index (χ4n) is 0.542. The van der Waals surface area contributed by atoms with Gasteiger partial charge in [0.05, 0.1) is 13.2 Å². The average molecular weight is 246 g/mol. The molecular formula is C13H26O4. The number of hydrogen-bond donors (Lipinski definition) is 0. The highest BCUT2D eigenvalue weighted by molar-refractivity contribution is 5.91.